The highest BCUT2D eigenvalue weighted by molar-refractivity contribution is 5.97. The predicted molar refractivity (Wildman–Crippen MR) is 145 cm³/mol. The summed E-state index contributed by atoms with van der Waals surface area (Å²) in [4.78, 5) is 34.6. The van der Waals surface area contributed by atoms with Crippen molar-refractivity contribution in [1.29, 1.82) is 0 Å². The van der Waals surface area contributed by atoms with Crippen molar-refractivity contribution in [2.24, 2.45) is 11.8 Å². The summed E-state index contributed by atoms with van der Waals surface area (Å²) in [6.07, 6.45) is 8.99. The van der Waals surface area contributed by atoms with E-state index in [1.807, 2.05) is 12.1 Å². The van der Waals surface area contributed by atoms with Crippen molar-refractivity contribution in [3.63, 3.8) is 0 Å². The Labute approximate surface area is 224 Å². The number of carbonyl (C=O) groups is 2. The third-order valence-electron chi connectivity index (χ3n) is 8.48. The van der Waals surface area contributed by atoms with Gasteiger partial charge in [-0.1, -0.05) is 0 Å². The third kappa shape index (κ3) is 6.97. The summed E-state index contributed by atoms with van der Waals surface area (Å²) in [7, 11) is 0. The molecule has 0 radical (unpaired) electrons. The first kappa shape index (κ1) is 26.8. The number of ether oxygens (including phenoxy) is 1. The van der Waals surface area contributed by atoms with E-state index in [0.29, 0.717) is 17.2 Å². The Kier molecular flexibility index (Phi) is 9.02. The Morgan fingerprint density at radius 1 is 0.921 bits per heavy atom. The molecule has 3 heterocycles. The van der Waals surface area contributed by atoms with Crippen LogP contribution >= 0.6 is 0 Å². The van der Waals surface area contributed by atoms with E-state index in [9.17, 15) is 14.0 Å². The van der Waals surface area contributed by atoms with Gasteiger partial charge in [-0.05, 0) is 107 Å². The first-order valence-electron chi connectivity index (χ1n) is 14.2. The Morgan fingerprint density at radius 3 is 2.29 bits per heavy atom. The van der Waals surface area contributed by atoms with E-state index < -0.39 is 0 Å². The van der Waals surface area contributed by atoms with Crippen LogP contribution in [-0.4, -0.2) is 73.6 Å². The number of morpholine rings is 1. The molecular formula is C30H39FN4O3. The smallest absolute Gasteiger partial charge is 0.270 e. The molecule has 8 heteroatoms. The lowest BCUT2D eigenvalue weighted by atomic mass is 9.83. The lowest BCUT2D eigenvalue weighted by molar-refractivity contribution is 0.0832. The molecule has 2 saturated heterocycles. The molecule has 0 bridgehead atoms. The zero-order valence-corrected chi connectivity index (χ0v) is 22.1. The number of halogens is 1. The van der Waals surface area contributed by atoms with Gasteiger partial charge in [0.25, 0.3) is 5.91 Å². The van der Waals surface area contributed by atoms with Crippen molar-refractivity contribution >= 4 is 17.4 Å². The fourth-order valence-electron chi connectivity index (χ4n) is 6.02. The molecule has 1 aromatic carbocycles. The van der Waals surface area contributed by atoms with Crippen molar-refractivity contribution < 1.29 is 18.7 Å². The van der Waals surface area contributed by atoms with Gasteiger partial charge in [0.2, 0.25) is 0 Å². The van der Waals surface area contributed by atoms with Crippen LogP contribution in [0.25, 0.3) is 0 Å². The molecule has 1 amide bonds. The van der Waals surface area contributed by atoms with Gasteiger partial charge in [-0.2, -0.15) is 0 Å². The molecule has 3 aliphatic rings. The van der Waals surface area contributed by atoms with Crippen LogP contribution in [0.4, 0.5) is 10.1 Å². The van der Waals surface area contributed by atoms with E-state index in [1.54, 1.807) is 18.3 Å². The average molecular weight is 523 g/mol. The van der Waals surface area contributed by atoms with Crippen LogP contribution in [0.3, 0.4) is 0 Å². The minimum atomic E-state index is -0.306. The van der Waals surface area contributed by atoms with E-state index in [0.717, 1.165) is 90.1 Å². The molecule has 1 aliphatic carbocycles. The Hall–Kier alpha value is -2.84. The largest absolute Gasteiger partial charge is 0.378 e. The van der Waals surface area contributed by atoms with E-state index in [2.05, 4.69) is 20.1 Å². The summed E-state index contributed by atoms with van der Waals surface area (Å²) in [5, 5.41) is 3.19. The summed E-state index contributed by atoms with van der Waals surface area (Å²) in [5.74, 6) is 0.487. The highest BCUT2D eigenvalue weighted by Crippen LogP contribution is 2.29. The monoisotopic (exact) mass is 522 g/mol. The van der Waals surface area contributed by atoms with Crippen LogP contribution in [0.15, 0.2) is 42.6 Å². The minimum Gasteiger partial charge on any atom is -0.378 e. The number of hydrogen-bond donors (Lipinski definition) is 1. The molecular weight excluding hydrogens is 483 g/mol. The van der Waals surface area contributed by atoms with Crippen molar-refractivity contribution in [1.82, 2.24) is 15.2 Å². The SMILES string of the molecule is O=C(N[C@H]1CC[C@H](CCN2CCC(C(=O)c3ccc(F)cc3)CC2)CC1)c1ccc(N2CCOCC2)cn1. The molecule has 38 heavy (non-hydrogen) atoms. The fraction of sp³-hybridized carbons (Fsp3) is 0.567. The summed E-state index contributed by atoms with van der Waals surface area (Å²) in [6, 6.07) is 9.94. The first-order valence-corrected chi connectivity index (χ1v) is 14.2. The zero-order valence-electron chi connectivity index (χ0n) is 22.1. The number of ketones is 1. The van der Waals surface area contributed by atoms with E-state index in [1.165, 1.54) is 18.6 Å². The summed E-state index contributed by atoms with van der Waals surface area (Å²) in [6.45, 7) is 6.11. The second-order valence-corrected chi connectivity index (χ2v) is 11.0. The number of amides is 1. The number of benzene rings is 1. The highest BCUT2D eigenvalue weighted by Gasteiger charge is 2.27. The van der Waals surface area contributed by atoms with Crippen molar-refractivity contribution in [3.8, 4) is 0 Å². The molecule has 1 aromatic heterocycles. The molecule has 0 spiro atoms. The molecule has 0 atom stereocenters. The maximum Gasteiger partial charge on any atom is 0.270 e. The summed E-state index contributed by atoms with van der Waals surface area (Å²) >= 11 is 0. The van der Waals surface area contributed by atoms with Gasteiger partial charge in [0, 0.05) is 30.6 Å². The Bertz CT molecular complexity index is 1060. The standard InChI is InChI=1S/C30H39FN4O3/c31-25-5-3-23(4-6-25)29(36)24-12-15-34(16-13-24)14-11-22-1-7-26(8-2-22)33-30(37)28-10-9-27(21-32-28)35-17-19-38-20-18-35/h3-6,9-10,21-22,24,26H,1-2,7-8,11-20H2,(H,33,37)/t22-,26-. The van der Waals surface area contributed by atoms with Crippen LogP contribution in [0.5, 0.6) is 0 Å². The van der Waals surface area contributed by atoms with Gasteiger partial charge in [0.15, 0.2) is 5.78 Å². The molecule has 2 aliphatic heterocycles. The molecule has 0 unspecified atom stereocenters. The molecule has 204 valence electrons. The van der Waals surface area contributed by atoms with E-state index >= 15 is 0 Å². The third-order valence-corrected chi connectivity index (χ3v) is 8.48. The number of carbonyl (C=O) groups excluding carboxylic acids is 2. The maximum atomic E-state index is 13.2. The van der Waals surface area contributed by atoms with Crippen LogP contribution in [0.2, 0.25) is 0 Å². The van der Waals surface area contributed by atoms with Crippen LogP contribution < -0.4 is 10.2 Å². The number of nitrogens with zero attached hydrogens (tertiary/aromatic N) is 3. The van der Waals surface area contributed by atoms with Gasteiger partial charge < -0.3 is 19.9 Å². The van der Waals surface area contributed by atoms with Gasteiger partial charge in [-0.15, -0.1) is 0 Å². The molecule has 7 nitrogen and oxygen atoms in total. The van der Waals surface area contributed by atoms with Crippen molar-refractivity contribution in [3.05, 3.63) is 59.7 Å². The second-order valence-electron chi connectivity index (χ2n) is 11.0. The quantitative estimate of drug-likeness (QED) is 0.520. The highest BCUT2D eigenvalue weighted by atomic mass is 19.1. The van der Waals surface area contributed by atoms with E-state index in [4.69, 9.17) is 4.74 Å². The lowest BCUT2D eigenvalue weighted by Gasteiger charge is -2.34. The number of nitrogens with one attached hydrogen (secondary N) is 1. The first-order chi connectivity index (χ1) is 18.5. The van der Waals surface area contributed by atoms with Gasteiger partial charge >= 0.3 is 0 Å². The normalized spacial score (nSPS) is 23.2. The lowest BCUT2D eigenvalue weighted by Crippen LogP contribution is -2.39. The minimum absolute atomic E-state index is 0.0424. The zero-order chi connectivity index (χ0) is 26.3. The number of likely N-dealkylation sites (tertiary alicyclic amines) is 1. The summed E-state index contributed by atoms with van der Waals surface area (Å²) < 4.78 is 18.6. The van der Waals surface area contributed by atoms with Crippen LogP contribution in [0.1, 0.15) is 65.8 Å². The Balaban J connectivity index is 0.986. The van der Waals surface area contributed by atoms with Crippen molar-refractivity contribution in [2.45, 2.75) is 51.0 Å². The van der Waals surface area contributed by atoms with Crippen LogP contribution in [-0.2, 0) is 4.74 Å². The fourth-order valence-corrected chi connectivity index (χ4v) is 6.02. The Morgan fingerprint density at radius 2 is 1.63 bits per heavy atom. The second kappa shape index (κ2) is 12.8. The number of anilines is 1. The van der Waals surface area contributed by atoms with Gasteiger partial charge in [0.1, 0.15) is 11.5 Å². The number of rotatable bonds is 8. The van der Waals surface area contributed by atoms with Crippen LogP contribution in [0, 0.1) is 17.7 Å². The number of piperidine rings is 1. The number of pyridine rings is 1. The van der Waals surface area contributed by atoms with Gasteiger partial charge in [-0.3, -0.25) is 9.59 Å². The average Bonchev–Trinajstić information content (AvgIpc) is 2.97. The summed E-state index contributed by atoms with van der Waals surface area (Å²) in [5.41, 5.74) is 2.13. The van der Waals surface area contributed by atoms with E-state index in [-0.39, 0.29) is 29.5 Å². The molecule has 1 N–H and O–H groups in total. The predicted octanol–water partition coefficient (Wildman–Crippen LogP) is 4.33. The number of aromatic nitrogens is 1. The van der Waals surface area contributed by atoms with Gasteiger partial charge in [-0.25, -0.2) is 9.37 Å². The van der Waals surface area contributed by atoms with Gasteiger partial charge in [0.05, 0.1) is 25.1 Å². The molecule has 5 rings (SSSR count). The maximum absolute atomic E-state index is 13.2. The topological polar surface area (TPSA) is 74.8 Å². The van der Waals surface area contributed by atoms with Crippen molar-refractivity contribution in [2.75, 3.05) is 50.8 Å². The molecule has 2 aromatic rings. The molecule has 1 saturated carbocycles. The number of hydrogen-bond acceptors (Lipinski definition) is 6. The number of Topliss-reactive ketones (excluding diaryl/α,β-unsaturated/α-hetero) is 1. The molecule has 3 fully saturated rings.